The second kappa shape index (κ2) is 9.30. The third-order valence-electron chi connectivity index (χ3n) is 4.85. The van der Waals surface area contributed by atoms with Gasteiger partial charge in [-0.25, -0.2) is 8.42 Å². The Labute approximate surface area is 182 Å². The van der Waals surface area contributed by atoms with E-state index in [4.69, 9.17) is 4.52 Å². The number of aromatic nitrogens is 2. The van der Waals surface area contributed by atoms with Crippen molar-refractivity contribution in [1.82, 2.24) is 15.0 Å². The van der Waals surface area contributed by atoms with Crippen LogP contribution in [0.15, 0.2) is 59.1 Å². The lowest BCUT2D eigenvalue weighted by Gasteiger charge is -2.32. The van der Waals surface area contributed by atoms with Crippen LogP contribution in [-0.2, 0) is 21.4 Å². The standard InChI is InChI=1S/C22H26N4O4S/c1-5-19(26(31(4,28)29)18-13-11-16(2)12-14-18)22(27)25(3)15-20-23-21(24-30-20)17-9-7-6-8-10-17/h6-14,19H,5,15H2,1-4H3/t19-/m0/s1. The molecule has 1 atom stereocenters. The number of sulfonamides is 1. The number of carbonyl (C=O) groups is 1. The van der Waals surface area contributed by atoms with Crippen LogP contribution in [0.3, 0.4) is 0 Å². The van der Waals surface area contributed by atoms with Crippen molar-refractivity contribution >= 4 is 21.6 Å². The highest BCUT2D eigenvalue weighted by Gasteiger charge is 2.33. The molecule has 0 N–H and O–H groups in total. The van der Waals surface area contributed by atoms with E-state index in [1.807, 2.05) is 49.4 Å². The molecule has 1 heterocycles. The molecule has 0 unspecified atom stereocenters. The van der Waals surface area contributed by atoms with Crippen LogP contribution in [0.5, 0.6) is 0 Å². The molecule has 0 aliphatic rings. The summed E-state index contributed by atoms with van der Waals surface area (Å²) in [6, 6.07) is 15.5. The molecule has 31 heavy (non-hydrogen) atoms. The molecule has 0 spiro atoms. The fourth-order valence-corrected chi connectivity index (χ4v) is 4.50. The Kier molecular flexibility index (Phi) is 6.74. The number of aryl methyl sites for hydroxylation is 1. The molecule has 0 fully saturated rings. The second-order valence-corrected chi connectivity index (χ2v) is 9.25. The zero-order chi connectivity index (χ0) is 22.6. The number of hydrogen-bond donors (Lipinski definition) is 0. The SMILES string of the molecule is CC[C@@H](C(=O)N(C)Cc1nc(-c2ccccc2)no1)N(c1ccc(C)cc1)S(C)(=O)=O. The van der Waals surface area contributed by atoms with Gasteiger partial charge in [0.05, 0.1) is 18.5 Å². The van der Waals surface area contributed by atoms with Crippen molar-refractivity contribution in [2.45, 2.75) is 32.9 Å². The lowest BCUT2D eigenvalue weighted by atomic mass is 10.1. The van der Waals surface area contributed by atoms with E-state index in [-0.39, 0.29) is 18.3 Å². The maximum Gasteiger partial charge on any atom is 0.246 e. The van der Waals surface area contributed by atoms with Crippen molar-refractivity contribution in [3.05, 3.63) is 66.1 Å². The van der Waals surface area contributed by atoms with Crippen LogP contribution < -0.4 is 4.31 Å². The fourth-order valence-electron chi connectivity index (χ4n) is 3.29. The molecule has 164 valence electrons. The molecule has 0 saturated carbocycles. The summed E-state index contributed by atoms with van der Waals surface area (Å²) in [5, 5.41) is 3.96. The van der Waals surface area contributed by atoms with Gasteiger partial charge >= 0.3 is 0 Å². The van der Waals surface area contributed by atoms with E-state index >= 15 is 0 Å². The number of rotatable bonds is 8. The van der Waals surface area contributed by atoms with E-state index in [1.165, 1.54) is 9.21 Å². The third kappa shape index (κ3) is 5.29. The average Bonchev–Trinajstić information content (AvgIpc) is 3.20. The lowest BCUT2D eigenvalue weighted by molar-refractivity contribution is -0.132. The highest BCUT2D eigenvalue weighted by Crippen LogP contribution is 2.24. The first-order valence-corrected chi connectivity index (χ1v) is 11.7. The third-order valence-corrected chi connectivity index (χ3v) is 6.03. The molecule has 3 rings (SSSR count). The Morgan fingerprint density at radius 3 is 2.32 bits per heavy atom. The van der Waals surface area contributed by atoms with Crippen LogP contribution in [0.4, 0.5) is 5.69 Å². The first-order chi connectivity index (χ1) is 14.7. The molecule has 8 nitrogen and oxygen atoms in total. The van der Waals surface area contributed by atoms with Gasteiger partial charge in [0.15, 0.2) is 0 Å². The number of amides is 1. The summed E-state index contributed by atoms with van der Waals surface area (Å²) in [6.07, 6.45) is 1.41. The topological polar surface area (TPSA) is 96.6 Å². The van der Waals surface area contributed by atoms with Crippen molar-refractivity contribution in [2.24, 2.45) is 0 Å². The van der Waals surface area contributed by atoms with Crippen LogP contribution >= 0.6 is 0 Å². The smallest absolute Gasteiger partial charge is 0.246 e. The average molecular weight is 443 g/mol. The Bertz CT molecular complexity index is 1130. The molecule has 0 radical (unpaired) electrons. The summed E-state index contributed by atoms with van der Waals surface area (Å²) in [6.45, 7) is 3.77. The van der Waals surface area contributed by atoms with Gasteiger partial charge in [0.2, 0.25) is 27.6 Å². The van der Waals surface area contributed by atoms with Gasteiger partial charge in [-0.3, -0.25) is 9.10 Å². The first kappa shape index (κ1) is 22.5. The van der Waals surface area contributed by atoms with Gasteiger partial charge < -0.3 is 9.42 Å². The van der Waals surface area contributed by atoms with E-state index in [0.717, 1.165) is 17.4 Å². The normalized spacial score (nSPS) is 12.4. The predicted molar refractivity (Wildman–Crippen MR) is 119 cm³/mol. The second-order valence-electron chi connectivity index (χ2n) is 7.39. The largest absolute Gasteiger partial charge is 0.337 e. The molecule has 0 aliphatic heterocycles. The van der Waals surface area contributed by atoms with E-state index in [1.54, 1.807) is 26.1 Å². The van der Waals surface area contributed by atoms with Gasteiger partial charge in [-0.2, -0.15) is 4.98 Å². The molecule has 0 aliphatic carbocycles. The van der Waals surface area contributed by atoms with Crippen LogP contribution in [0.1, 0.15) is 24.8 Å². The predicted octanol–water partition coefficient (Wildman–Crippen LogP) is 3.25. The number of benzene rings is 2. The molecule has 1 amide bonds. The minimum absolute atomic E-state index is 0.0701. The Hall–Kier alpha value is -3.20. The molecule has 1 aromatic heterocycles. The van der Waals surface area contributed by atoms with Gasteiger partial charge in [0.25, 0.3) is 0 Å². The Balaban J connectivity index is 1.81. The lowest BCUT2D eigenvalue weighted by Crippen LogP contribution is -2.49. The number of nitrogens with zero attached hydrogens (tertiary/aromatic N) is 4. The number of likely N-dealkylation sites (N-methyl/N-ethyl adjacent to an activating group) is 1. The van der Waals surface area contributed by atoms with E-state index in [2.05, 4.69) is 10.1 Å². The zero-order valence-electron chi connectivity index (χ0n) is 18.0. The maximum atomic E-state index is 13.2. The van der Waals surface area contributed by atoms with Gasteiger partial charge in [-0.15, -0.1) is 0 Å². The minimum atomic E-state index is -3.69. The summed E-state index contributed by atoms with van der Waals surface area (Å²) >= 11 is 0. The number of anilines is 1. The van der Waals surface area contributed by atoms with E-state index in [9.17, 15) is 13.2 Å². The van der Waals surface area contributed by atoms with Crippen molar-refractivity contribution in [1.29, 1.82) is 0 Å². The highest BCUT2D eigenvalue weighted by molar-refractivity contribution is 7.92. The monoisotopic (exact) mass is 442 g/mol. The summed E-state index contributed by atoms with van der Waals surface area (Å²) < 4.78 is 31.6. The Morgan fingerprint density at radius 2 is 1.74 bits per heavy atom. The van der Waals surface area contributed by atoms with E-state index < -0.39 is 16.1 Å². The molecular weight excluding hydrogens is 416 g/mol. The van der Waals surface area contributed by atoms with Crippen molar-refractivity contribution in [3.8, 4) is 11.4 Å². The molecule has 3 aromatic rings. The number of carbonyl (C=O) groups excluding carboxylic acids is 1. The molecular formula is C22H26N4O4S. The molecule has 2 aromatic carbocycles. The van der Waals surface area contributed by atoms with E-state index in [0.29, 0.717) is 17.9 Å². The fraction of sp³-hybridized carbons (Fsp3) is 0.318. The number of hydrogen-bond acceptors (Lipinski definition) is 6. The van der Waals surface area contributed by atoms with Crippen molar-refractivity contribution in [3.63, 3.8) is 0 Å². The van der Waals surface area contributed by atoms with Crippen LogP contribution in [0.25, 0.3) is 11.4 Å². The highest BCUT2D eigenvalue weighted by atomic mass is 32.2. The van der Waals surface area contributed by atoms with Gasteiger partial charge in [0, 0.05) is 12.6 Å². The van der Waals surface area contributed by atoms with Crippen LogP contribution in [0, 0.1) is 6.92 Å². The Morgan fingerprint density at radius 1 is 1.10 bits per heavy atom. The molecule has 0 saturated heterocycles. The van der Waals surface area contributed by atoms with Crippen molar-refractivity contribution < 1.29 is 17.7 Å². The maximum absolute atomic E-state index is 13.2. The molecule has 9 heteroatoms. The van der Waals surface area contributed by atoms with Gasteiger partial charge in [0.1, 0.15) is 6.04 Å². The summed E-state index contributed by atoms with van der Waals surface area (Å²) in [7, 11) is -2.10. The quantitative estimate of drug-likeness (QED) is 0.531. The summed E-state index contributed by atoms with van der Waals surface area (Å²) in [5.41, 5.74) is 2.26. The van der Waals surface area contributed by atoms with Gasteiger partial charge in [-0.1, -0.05) is 60.1 Å². The van der Waals surface area contributed by atoms with Crippen molar-refractivity contribution in [2.75, 3.05) is 17.6 Å². The summed E-state index contributed by atoms with van der Waals surface area (Å²) in [5.74, 6) is 0.347. The zero-order valence-corrected chi connectivity index (χ0v) is 18.8. The van der Waals surface area contributed by atoms with Crippen LogP contribution in [0.2, 0.25) is 0 Å². The van der Waals surface area contributed by atoms with Crippen LogP contribution in [-0.4, -0.2) is 48.7 Å². The summed E-state index contributed by atoms with van der Waals surface area (Å²) in [4.78, 5) is 19.0. The molecule has 0 bridgehead atoms. The minimum Gasteiger partial charge on any atom is -0.337 e. The first-order valence-electron chi connectivity index (χ1n) is 9.89. The van der Waals surface area contributed by atoms with Gasteiger partial charge in [-0.05, 0) is 25.5 Å².